The number of para-hydroxylation sites is 1. The molecule has 2 aromatic carbocycles. The highest BCUT2D eigenvalue weighted by Crippen LogP contribution is 2.37. The van der Waals surface area contributed by atoms with Gasteiger partial charge in [-0.15, -0.1) is 11.8 Å². The summed E-state index contributed by atoms with van der Waals surface area (Å²) in [5, 5.41) is 7.11. The second kappa shape index (κ2) is 7.36. The summed E-state index contributed by atoms with van der Waals surface area (Å²) in [7, 11) is 0. The minimum atomic E-state index is -0.396. The van der Waals surface area contributed by atoms with Gasteiger partial charge in [0.05, 0.1) is 11.7 Å². The molecule has 136 valence electrons. The Labute approximate surface area is 159 Å². The number of nitrogens with zero attached hydrogens (tertiary/aromatic N) is 2. The fraction of sp³-hybridized carbons (Fsp3) is 0.150. The number of hydrogen-bond donors (Lipinski definition) is 1. The molecule has 7 heteroatoms. The molecule has 0 aliphatic carbocycles. The number of thioether (sulfide) groups is 1. The van der Waals surface area contributed by atoms with Gasteiger partial charge in [-0.3, -0.25) is 9.59 Å². The van der Waals surface area contributed by atoms with Crippen molar-refractivity contribution in [3.63, 3.8) is 0 Å². The number of carbonyl (C=O) groups is 1. The van der Waals surface area contributed by atoms with Gasteiger partial charge in [0.15, 0.2) is 0 Å². The number of benzene rings is 2. The molecule has 0 radical (unpaired) electrons. The zero-order valence-corrected chi connectivity index (χ0v) is 15.1. The lowest BCUT2D eigenvalue weighted by molar-refractivity contribution is 0.0928. The monoisotopic (exact) mass is 381 g/mol. The molecule has 4 rings (SSSR count). The van der Waals surface area contributed by atoms with Crippen LogP contribution in [-0.2, 0) is 0 Å². The lowest BCUT2D eigenvalue weighted by atomic mass is 10.0. The molecule has 1 amide bonds. The molecule has 1 aliphatic rings. The van der Waals surface area contributed by atoms with E-state index < -0.39 is 5.91 Å². The standard InChI is InChI=1S/C20H16FN3O2S/c21-15-8-4-7-14-16(11-12-27-19(14)15)22-20(26)17-9-10-18(25)24(23-17)13-5-2-1-3-6-13/h1-10,16H,11-12H2,(H,22,26). The molecule has 0 spiro atoms. The maximum Gasteiger partial charge on any atom is 0.272 e. The van der Waals surface area contributed by atoms with Crippen LogP contribution in [0.4, 0.5) is 4.39 Å². The van der Waals surface area contributed by atoms with E-state index in [9.17, 15) is 14.0 Å². The van der Waals surface area contributed by atoms with Crippen molar-refractivity contribution in [2.75, 3.05) is 5.75 Å². The van der Waals surface area contributed by atoms with Crippen molar-refractivity contribution in [3.05, 3.63) is 88.1 Å². The number of carbonyl (C=O) groups excluding carboxylic acids is 1. The van der Waals surface area contributed by atoms with Gasteiger partial charge in [-0.2, -0.15) is 9.78 Å². The SMILES string of the molecule is O=C(NC1CCSc2c(F)cccc21)c1ccc(=O)n(-c2ccccc2)n1. The van der Waals surface area contributed by atoms with E-state index in [1.807, 2.05) is 12.1 Å². The van der Waals surface area contributed by atoms with Gasteiger partial charge >= 0.3 is 0 Å². The lowest BCUT2D eigenvalue weighted by Crippen LogP contribution is -2.33. The number of aromatic nitrogens is 2. The van der Waals surface area contributed by atoms with Crippen LogP contribution in [0.15, 0.2) is 70.4 Å². The van der Waals surface area contributed by atoms with E-state index >= 15 is 0 Å². The van der Waals surface area contributed by atoms with Crippen molar-refractivity contribution < 1.29 is 9.18 Å². The Morgan fingerprint density at radius 1 is 1.11 bits per heavy atom. The second-order valence-electron chi connectivity index (χ2n) is 6.13. The van der Waals surface area contributed by atoms with Crippen LogP contribution in [0.5, 0.6) is 0 Å². The molecule has 0 saturated carbocycles. The third-order valence-electron chi connectivity index (χ3n) is 4.36. The fourth-order valence-corrected chi connectivity index (χ4v) is 4.20. The summed E-state index contributed by atoms with van der Waals surface area (Å²) in [6.45, 7) is 0. The molecular weight excluding hydrogens is 365 g/mol. The van der Waals surface area contributed by atoms with Crippen LogP contribution in [-0.4, -0.2) is 21.4 Å². The molecular formula is C20H16FN3O2S. The van der Waals surface area contributed by atoms with Crippen LogP contribution in [0.25, 0.3) is 5.69 Å². The van der Waals surface area contributed by atoms with Gasteiger partial charge in [-0.1, -0.05) is 30.3 Å². The van der Waals surface area contributed by atoms with Crippen LogP contribution < -0.4 is 10.9 Å². The Kier molecular flexibility index (Phi) is 4.77. The quantitative estimate of drug-likeness (QED) is 0.756. The van der Waals surface area contributed by atoms with Crippen LogP contribution in [0.2, 0.25) is 0 Å². The van der Waals surface area contributed by atoms with Crippen LogP contribution in [0.3, 0.4) is 0 Å². The fourth-order valence-electron chi connectivity index (χ4n) is 3.06. The predicted molar refractivity (Wildman–Crippen MR) is 102 cm³/mol. The topological polar surface area (TPSA) is 64.0 Å². The van der Waals surface area contributed by atoms with Crippen molar-refractivity contribution in [1.82, 2.24) is 15.1 Å². The molecule has 1 atom stereocenters. The lowest BCUT2D eigenvalue weighted by Gasteiger charge is -2.26. The zero-order valence-electron chi connectivity index (χ0n) is 14.3. The number of amides is 1. The molecule has 0 bridgehead atoms. The van der Waals surface area contributed by atoms with Crippen molar-refractivity contribution in [3.8, 4) is 5.69 Å². The number of hydrogen-bond acceptors (Lipinski definition) is 4. The van der Waals surface area contributed by atoms with Gasteiger partial charge in [0, 0.05) is 16.7 Å². The van der Waals surface area contributed by atoms with Gasteiger partial charge in [0.1, 0.15) is 11.5 Å². The first-order chi connectivity index (χ1) is 13.1. The van der Waals surface area contributed by atoms with Gasteiger partial charge in [0.25, 0.3) is 11.5 Å². The zero-order chi connectivity index (χ0) is 18.8. The molecule has 3 aromatic rings. The molecule has 0 saturated heterocycles. The summed E-state index contributed by atoms with van der Waals surface area (Å²) in [6.07, 6.45) is 0.700. The average molecular weight is 381 g/mol. The van der Waals surface area contributed by atoms with E-state index in [4.69, 9.17) is 0 Å². The highest BCUT2D eigenvalue weighted by Gasteiger charge is 2.25. The highest BCUT2D eigenvalue weighted by atomic mass is 32.2. The van der Waals surface area contributed by atoms with Gasteiger partial charge in [-0.05, 0) is 36.2 Å². The third kappa shape index (κ3) is 3.50. The minimum Gasteiger partial charge on any atom is -0.344 e. The predicted octanol–water partition coefficient (Wildman–Crippen LogP) is 3.34. The van der Waals surface area contributed by atoms with Crippen molar-refractivity contribution in [2.24, 2.45) is 0 Å². The van der Waals surface area contributed by atoms with Crippen LogP contribution in [0.1, 0.15) is 28.5 Å². The number of rotatable bonds is 3. The molecule has 1 N–H and O–H groups in total. The Bertz CT molecular complexity index is 1050. The number of halogens is 1. The van der Waals surface area contributed by atoms with E-state index in [-0.39, 0.29) is 23.1 Å². The smallest absolute Gasteiger partial charge is 0.272 e. The van der Waals surface area contributed by atoms with Crippen molar-refractivity contribution in [2.45, 2.75) is 17.4 Å². The van der Waals surface area contributed by atoms with E-state index in [2.05, 4.69) is 10.4 Å². The Morgan fingerprint density at radius 2 is 1.93 bits per heavy atom. The molecule has 1 unspecified atom stereocenters. The van der Waals surface area contributed by atoms with E-state index in [0.717, 1.165) is 11.3 Å². The van der Waals surface area contributed by atoms with Crippen LogP contribution >= 0.6 is 11.8 Å². The third-order valence-corrected chi connectivity index (χ3v) is 5.52. The second-order valence-corrected chi connectivity index (χ2v) is 7.23. The molecule has 27 heavy (non-hydrogen) atoms. The van der Waals surface area contributed by atoms with Crippen molar-refractivity contribution >= 4 is 17.7 Å². The Morgan fingerprint density at radius 3 is 2.74 bits per heavy atom. The first-order valence-electron chi connectivity index (χ1n) is 8.51. The molecule has 1 aromatic heterocycles. The summed E-state index contributed by atoms with van der Waals surface area (Å²) in [4.78, 5) is 25.4. The van der Waals surface area contributed by atoms with Gasteiger partial charge in [-0.25, -0.2) is 4.39 Å². The number of fused-ring (bicyclic) bond motifs is 1. The first kappa shape index (κ1) is 17.5. The van der Waals surface area contributed by atoms with E-state index in [1.165, 1.54) is 34.6 Å². The Balaban J connectivity index is 1.62. The highest BCUT2D eigenvalue weighted by molar-refractivity contribution is 7.99. The summed E-state index contributed by atoms with van der Waals surface area (Å²) >= 11 is 1.46. The summed E-state index contributed by atoms with van der Waals surface area (Å²) in [5.41, 5.74) is 1.17. The van der Waals surface area contributed by atoms with Crippen molar-refractivity contribution in [1.29, 1.82) is 0 Å². The normalized spacial score (nSPS) is 15.8. The van der Waals surface area contributed by atoms with E-state index in [1.54, 1.807) is 30.3 Å². The molecule has 0 fully saturated rings. The minimum absolute atomic E-state index is 0.134. The molecule has 1 aliphatic heterocycles. The molecule has 2 heterocycles. The molecule has 5 nitrogen and oxygen atoms in total. The number of nitrogens with one attached hydrogen (secondary N) is 1. The largest absolute Gasteiger partial charge is 0.344 e. The van der Waals surface area contributed by atoms with Crippen LogP contribution in [0, 0.1) is 5.82 Å². The summed E-state index contributed by atoms with van der Waals surface area (Å²) in [6, 6.07) is 16.2. The average Bonchev–Trinajstić information content (AvgIpc) is 2.70. The van der Waals surface area contributed by atoms with Gasteiger partial charge in [0.2, 0.25) is 0 Å². The summed E-state index contributed by atoms with van der Waals surface area (Å²) in [5.74, 6) is 0.0505. The first-order valence-corrected chi connectivity index (χ1v) is 9.50. The summed E-state index contributed by atoms with van der Waals surface area (Å²) < 4.78 is 15.2. The Hall–Kier alpha value is -2.93. The van der Waals surface area contributed by atoms with Gasteiger partial charge < -0.3 is 5.32 Å². The maximum atomic E-state index is 14.0. The maximum absolute atomic E-state index is 14.0. The van der Waals surface area contributed by atoms with E-state index in [0.29, 0.717) is 17.0 Å².